The van der Waals surface area contributed by atoms with Gasteiger partial charge < -0.3 is 14.8 Å². The Balaban J connectivity index is 1.39. The highest BCUT2D eigenvalue weighted by molar-refractivity contribution is 5.16. The topological polar surface area (TPSA) is 30.5 Å². The second kappa shape index (κ2) is 6.20. The van der Waals surface area contributed by atoms with Gasteiger partial charge in [0.2, 0.25) is 0 Å². The van der Waals surface area contributed by atoms with Crippen molar-refractivity contribution in [1.29, 1.82) is 0 Å². The van der Waals surface area contributed by atoms with E-state index in [9.17, 15) is 4.39 Å². The van der Waals surface area contributed by atoms with Crippen LogP contribution in [0.5, 0.6) is 0 Å². The molecule has 110 valence electrons. The number of hydrogen-bond donors (Lipinski definition) is 1. The van der Waals surface area contributed by atoms with Crippen LogP contribution >= 0.6 is 0 Å². The molecule has 0 bridgehead atoms. The molecule has 2 fully saturated rings. The van der Waals surface area contributed by atoms with Crippen molar-refractivity contribution in [3.05, 3.63) is 35.6 Å². The van der Waals surface area contributed by atoms with Crippen molar-refractivity contribution in [3.63, 3.8) is 0 Å². The third kappa shape index (κ3) is 3.37. The Bertz CT molecular complexity index is 436. The minimum absolute atomic E-state index is 0.155. The van der Waals surface area contributed by atoms with Crippen LogP contribution in [0, 0.1) is 5.82 Å². The molecular formula is C16H22FNO2. The first kappa shape index (κ1) is 14.0. The maximum Gasteiger partial charge on any atom is 0.168 e. The number of benzene rings is 1. The lowest BCUT2D eigenvalue weighted by Gasteiger charge is -2.35. The fourth-order valence-electron chi connectivity index (χ4n) is 3.16. The normalized spacial score (nSPS) is 22.4. The van der Waals surface area contributed by atoms with Gasteiger partial charge in [-0.1, -0.05) is 12.1 Å². The Labute approximate surface area is 119 Å². The number of ether oxygens (including phenoxy) is 2. The molecule has 1 aliphatic heterocycles. The van der Waals surface area contributed by atoms with Gasteiger partial charge in [-0.25, -0.2) is 4.39 Å². The molecule has 0 atom stereocenters. The third-order valence-electron chi connectivity index (χ3n) is 4.30. The lowest BCUT2D eigenvalue weighted by atomic mass is 9.90. The van der Waals surface area contributed by atoms with Crippen LogP contribution in [0.2, 0.25) is 0 Å². The lowest BCUT2D eigenvalue weighted by molar-refractivity contribution is -0.179. The summed E-state index contributed by atoms with van der Waals surface area (Å²) in [6.45, 7) is 2.36. The predicted octanol–water partition coefficient (Wildman–Crippen LogP) is 2.64. The first-order valence-corrected chi connectivity index (χ1v) is 7.52. The predicted molar refractivity (Wildman–Crippen MR) is 75.0 cm³/mol. The molecule has 1 N–H and O–H groups in total. The summed E-state index contributed by atoms with van der Waals surface area (Å²) in [5.74, 6) is -0.432. The summed E-state index contributed by atoms with van der Waals surface area (Å²) in [6, 6.07) is 7.36. The molecule has 3 nitrogen and oxygen atoms in total. The van der Waals surface area contributed by atoms with E-state index in [-0.39, 0.29) is 11.6 Å². The molecule has 3 rings (SSSR count). The Morgan fingerprint density at radius 3 is 2.65 bits per heavy atom. The highest BCUT2D eigenvalue weighted by Gasteiger charge is 2.39. The van der Waals surface area contributed by atoms with Gasteiger partial charge in [0.25, 0.3) is 0 Å². The van der Waals surface area contributed by atoms with Crippen LogP contribution < -0.4 is 5.32 Å². The fraction of sp³-hybridized carbons (Fsp3) is 0.625. The van der Waals surface area contributed by atoms with E-state index in [2.05, 4.69) is 5.32 Å². The summed E-state index contributed by atoms with van der Waals surface area (Å²) in [7, 11) is 0. The van der Waals surface area contributed by atoms with Gasteiger partial charge in [0.05, 0.1) is 13.2 Å². The second-order valence-electron chi connectivity index (χ2n) is 5.72. The number of rotatable bonds is 4. The van der Waals surface area contributed by atoms with Crippen LogP contribution in [0.1, 0.15) is 31.2 Å². The van der Waals surface area contributed by atoms with Gasteiger partial charge in [0, 0.05) is 18.9 Å². The molecule has 20 heavy (non-hydrogen) atoms. The van der Waals surface area contributed by atoms with Gasteiger partial charge in [0.1, 0.15) is 5.82 Å². The zero-order valence-corrected chi connectivity index (χ0v) is 11.7. The van der Waals surface area contributed by atoms with E-state index in [1.54, 1.807) is 12.1 Å². The first-order chi connectivity index (χ1) is 9.76. The Morgan fingerprint density at radius 2 is 1.95 bits per heavy atom. The van der Waals surface area contributed by atoms with E-state index in [0.717, 1.165) is 57.4 Å². The van der Waals surface area contributed by atoms with Crippen LogP contribution in [0.25, 0.3) is 0 Å². The first-order valence-electron chi connectivity index (χ1n) is 7.52. The molecule has 1 heterocycles. The van der Waals surface area contributed by atoms with Gasteiger partial charge in [-0.05, 0) is 43.5 Å². The second-order valence-corrected chi connectivity index (χ2v) is 5.72. The molecule has 1 aromatic carbocycles. The molecule has 2 aliphatic rings. The van der Waals surface area contributed by atoms with E-state index < -0.39 is 0 Å². The van der Waals surface area contributed by atoms with Crippen LogP contribution in [-0.2, 0) is 15.9 Å². The molecule has 0 aromatic heterocycles. The molecule has 0 radical (unpaired) electrons. The SMILES string of the molecule is Fc1cccc(CCNC2CCC3(CC2)OCCO3)c1. The van der Waals surface area contributed by atoms with Crippen LogP contribution in [0.4, 0.5) is 4.39 Å². The average molecular weight is 279 g/mol. The molecular weight excluding hydrogens is 257 g/mol. The van der Waals surface area contributed by atoms with Crippen LogP contribution in [0.3, 0.4) is 0 Å². The van der Waals surface area contributed by atoms with Gasteiger partial charge in [-0.15, -0.1) is 0 Å². The maximum absolute atomic E-state index is 13.1. The highest BCUT2D eigenvalue weighted by Crippen LogP contribution is 2.35. The van der Waals surface area contributed by atoms with E-state index in [0.29, 0.717) is 6.04 Å². The van der Waals surface area contributed by atoms with Crippen molar-refractivity contribution in [1.82, 2.24) is 5.32 Å². The monoisotopic (exact) mass is 279 g/mol. The summed E-state index contributed by atoms with van der Waals surface area (Å²) >= 11 is 0. The van der Waals surface area contributed by atoms with E-state index in [1.807, 2.05) is 6.07 Å². The Hall–Kier alpha value is -0.970. The van der Waals surface area contributed by atoms with Crippen LogP contribution in [0.15, 0.2) is 24.3 Å². The van der Waals surface area contributed by atoms with Crippen molar-refractivity contribution in [2.75, 3.05) is 19.8 Å². The van der Waals surface area contributed by atoms with Crippen molar-refractivity contribution in [2.45, 2.75) is 43.9 Å². The molecule has 1 aliphatic carbocycles. The minimum atomic E-state index is -0.277. The average Bonchev–Trinajstić information content (AvgIpc) is 2.90. The summed E-state index contributed by atoms with van der Waals surface area (Å²) < 4.78 is 24.5. The zero-order valence-electron chi connectivity index (χ0n) is 11.7. The van der Waals surface area contributed by atoms with Gasteiger partial charge in [-0.2, -0.15) is 0 Å². The van der Waals surface area contributed by atoms with Gasteiger partial charge >= 0.3 is 0 Å². The summed E-state index contributed by atoms with van der Waals surface area (Å²) in [6.07, 6.45) is 4.99. The molecule has 0 unspecified atom stereocenters. The molecule has 1 saturated carbocycles. The Kier molecular flexibility index (Phi) is 4.34. The van der Waals surface area contributed by atoms with E-state index in [1.165, 1.54) is 6.07 Å². The third-order valence-corrected chi connectivity index (χ3v) is 4.30. The molecule has 1 spiro atoms. The quantitative estimate of drug-likeness (QED) is 0.919. The minimum Gasteiger partial charge on any atom is -0.348 e. The van der Waals surface area contributed by atoms with Crippen molar-refractivity contribution in [3.8, 4) is 0 Å². The molecule has 1 saturated heterocycles. The standard InChI is InChI=1S/C16H22FNO2/c17-14-3-1-2-13(12-14)6-9-18-15-4-7-16(8-5-15)19-10-11-20-16/h1-3,12,15,18H,4-11H2. The van der Waals surface area contributed by atoms with Crippen molar-refractivity contribution in [2.24, 2.45) is 0 Å². The van der Waals surface area contributed by atoms with Gasteiger partial charge in [-0.3, -0.25) is 0 Å². The fourth-order valence-corrected chi connectivity index (χ4v) is 3.16. The molecule has 1 aromatic rings. The lowest BCUT2D eigenvalue weighted by Crippen LogP contribution is -2.42. The van der Waals surface area contributed by atoms with Crippen molar-refractivity contribution >= 4 is 0 Å². The van der Waals surface area contributed by atoms with E-state index in [4.69, 9.17) is 9.47 Å². The van der Waals surface area contributed by atoms with Crippen molar-refractivity contribution < 1.29 is 13.9 Å². The zero-order chi connectivity index (χ0) is 13.8. The van der Waals surface area contributed by atoms with Crippen LogP contribution in [-0.4, -0.2) is 31.6 Å². The maximum atomic E-state index is 13.1. The number of hydrogen-bond acceptors (Lipinski definition) is 3. The van der Waals surface area contributed by atoms with E-state index >= 15 is 0 Å². The largest absolute Gasteiger partial charge is 0.348 e. The smallest absolute Gasteiger partial charge is 0.168 e. The summed E-state index contributed by atoms with van der Waals surface area (Å²) in [5.41, 5.74) is 1.05. The Morgan fingerprint density at radius 1 is 1.20 bits per heavy atom. The number of nitrogens with one attached hydrogen (secondary N) is 1. The molecule has 4 heteroatoms. The summed E-state index contributed by atoms with van der Waals surface area (Å²) in [4.78, 5) is 0. The number of halogens is 1. The molecule has 0 amide bonds. The highest BCUT2D eigenvalue weighted by atomic mass is 19.1. The van der Waals surface area contributed by atoms with Gasteiger partial charge in [0.15, 0.2) is 5.79 Å². The summed E-state index contributed by atoms with van der Waals surface area (Å²) in [5, 5.41) is 3.56.